The van der Waals surface area contributed by atoms with Crippen LogP contribution in [0.2, 0.25) is 0 Å². The van der Waals surface area contributed by atoms with Gasteiger partial charge in [-0.25, -0.2) is 4.79 Å². The summed E-state index contributed by atoms with van der Waals surface area (Å²) in [6.45, 7) is 6.46. The van der Waals surface area contributed by atoms with E-state index in [1.165, 1.54) is 23.3 Å². The predicted molar refractivity (Wildman–Crippen MR) is 121 cm³/mol. The summed E-state index contributed by atoms with van der Waals surface area (Å²) in [4.78, 5) is 23.9. The molecule has 1 unspecified atom stereocenters. The van der Waals surface area contributed by atoms with Crippen LogP contribution in [-0.2, 0) is 4.79 Å². The number of rotatable bonds is 5. The van der Waals surface area contributed by atoms with Gasteiger partial charge in [0.25, 0.3) is 0 Å². The summed E-state index contributed by atoms with van der Waals surface area (Å²) in [6, 6.07) is 16.6. The van der Waals surface area contributed by atoms with Gasteiger partial charge in [0.15, 0.2) is 0 Å². The molecule has 154 valence electrons. The average molecular weight is 402 g/mol. The van der Waals surface area contributed by atoms with Gasteiger partial charge < -0.3 is 10.4 Å². The van der Waals surface area contributed by atoms with Gasteiger partial charge in [0.2, 0.25) is 5.91 Å². The van der Waals surface area contributed by atoms with Crippen LogP contribution in [0.15, 0.2) is 85.0 Å². The van der Waals surface area contributed by atoms with Crippen molar-refractivity contribution in [3.05, 3.63) is 96.1 Å². The Hall–Kier alpha value is -3.40. The fourth-order valence-corrected chi connectivity index (χ4v) is 3.61. The monoisotopic (exact) mass is 401 g/mol. The number of nitrogens with one attached hydrogen (secondary N) is 1. The molecule has 1 aliphatic carbocycles. The average Bonchev–Trinajstić information content (AvgIpc) is 2.73. The number of hydrogen-bond acceptors (Lipinski definition) is 2. The number of carbonyl (C=O) groups excluding carboxylic acids is 1. The van der Waals surface area contributed by atoms with Gasteiger partial charge in [-0.05, 0) is 35.1 Å². The van der Waals surface area contributed by atoms with Gasteiger partial charge in [0, 0.05) is 11.5 Å². The van der Waals surface area contributed by atoms with Crippen LogP contribution in [0.5, 0.6) is 0 Å². The second kappa shape index (κ2) is 8.54. The van der Waals surface area contributed by atoms with Gasteiger partial charge >= 0.3 is 5.97 Å². The molecule has 0 saturated carbocycles. The molecule has 0 aromatic heterocycles. The Bertz CT molecular complexity index is 1030. The maximum absolute atomic E-state index is 12.6. The zero-order chi connectivity index (χ0) is 21.8. The summed E-state index contributed by atoms with van der Waals surface area (Å²) in [5.41, 5.74) is 2.26. The highest BCUT2D eigenvalue weighted by atomic mass is 16.4. The van der Waals surface area contributed by atoms with Crippen LogP contribution < -0.4 is 5.32 Å². The van der Waals surface area contributed by atoms with Crippen LogP contribution in [0.4, 0.5) is 5.69 Å². The number of benzene rings is 2. The number of para-hydroxylation sites is 1. The molecular weight excluding hydrogens is 374 g/mol. The smallest absolute Gasteiger partial charge is 0.337 e. The SMILES string of the molecule is CC(C)(C)C1(/C=C/C(=O)Nc2ccccc2C(=O)O)C=CC(c2ccccc2)=CC1. The normalized spacial score (nSPS) is 18.8. The van der Waals surface area contributed by atoms with E-state index in [-0.39, 0.29) is 28.0 Å². The summed E-state index contributed by atoms with van der Waals surface area (Å²) < 4.78 is 0. The fourth-order valence-electron chi connectivity index (χ4n) is 3.61. The molecule has 0 fully saturated rings. The Labute approximate surface area is 177 Å². The largest absolute Gasteiger partial charge is 0.478 e. The minimum Gasteiger partial charge on any atom is -0.478 e. The van der Waals surface area contributed by atoms with E-state index < -0.39 is 5.97 Å². The summed E-state index contributed by atoms with van der Waals surface area (Å²) in [6.07, 6.45) is 10.7. The third-order valence-electron chi connectivity index (χ3n) is 5.67. The molecule has 1 atom stereocenters. The van der Waals surface area contributed by atoms with Gasteiger partial charge in [-0.15, -0.1) is 0 Å². The van der Waals surface area contributed by atoms with Crippen LogP contribution in [0.3, 0.4) is 0 Å². The first-order valence-corrected chi connectivity index (χ1v) is 9.99. The predicted octanol–water partition coefficient (Wildman–Crippen LogP) is 5.96. The van der Waals surface area contributed by atoms with Gasteiger partial charge in [-0.1, -0.05) is 87.5 Å². The first kappa shape index (κ1) is 21.3. The zero-order valence-electron chi connectivity index (χ0n) is 17.6. The molecular formula is C26H27NO3. The lowest BCUT2D eigenvalue weighted by Crippen LogP contribution is -2.33. The number of allylic oxidation sites excluding steroid dienone is 5. The van der Waals surface area contributed by atoms with Crippen molar-refractivity contribution in [2.75, 3.05) is 5.32 Å². The van der Waals surface area contributed by atoms with E-state index in [0.717, 1.165) is 6.42 Å². The van der Waals surface area contributed by atoms with E-state index in [1.54, 1.807) is 18.2 Å². The van der Waals surface area contributed by atoms with Crippen LogP contribution in [0.1, 0.15) is 43.1 Å². The molecule has 2 aromatic carbocycles. The third-order valence-corrected chi connectivity index (χ3v) is 5.67. The van der Waals surface area contributed by atoms with Gasteiger partial charge in [-0.2, -0.15) is 0 Å². The van der Waals surface area contributed by atoms with E-state index in [2.05, 4.69) is 56.4 Å². The Morgan fingerprint density at radius 3 is 2.30 bits per heavy atom. The topological polar surface area (TPSA) is 66.4 Å². The number of carboxylic acid groups (broad SMARTS) is 1. The lowest BCUT2D eigenvalue weighted by molar-refractivity contribution is -0.112. The van der Waals surface area contributed by atoms with Crippen molar-refractivity contribution in [3.8, 4) is 0 Å². The minimum atomic E-state index is -1.07. The van der Waals surface area contributed by atoms with Gasteiger partial charge in [0.05, 0.1) is 11.3 Å². The van der Waals surface area contributed by atoms with E-state index in [1.807, 2.05) is 24.3 Å². The lowest BCUT2D eigenvalue weighted by atomic mass is 9.62. The molecule has 1 aliphatic rings. The van der Waals surface area contributed by atoms with Crippen molar-refractivity contribution in [2.45, 2.75) is 27.2 Å². The quantitative estimate of drug-likeness (QED) is 0.608. The summed E-state index contributed by atoms with van der Waals surface area (Å²) in [7, 11) is 0. The molecule has 0 saturated heterocycles. The molecule has 1 amide bonds. The summed E-state index contributed by atoms with van der Waals surface area (Å²) >= 11 is 0. The van der Waals surface area contributed by atoms with Crippen molar-refractivity contribution in [2.24, 2.45) is 10.8 Å². The minimum absolute atomic E-state index is 0.0674. The van der Waals surface area contributed by atoms with Crippen molar-refractivity contribution in [1.82, 2.24) is 0 Å². The number of anilines is 1. The maximum Gasteiger partial charge on any atom is 0.337 e. The molecule has 4 heteroatoms. The van der Waals surface area contributed by atoms with E-state index in [4.69, 9.17) is 0 Å². The van der Waals surface area contributed by atoms with E-state index in [0.29, 0.717) is 0 Å². The second-order valence-electron chi connectivity index (χ2n) is 8.53. The van der Waals surface area contributed by atoms with Crippen LogP contribution in [0.25, 0.3) is 5.57 Å². The van der Waals surface area contributed by atoms with Crippen LogP contribution in [0, 0.1) is 10.8 Å². The first-order chi connectivity index (χ1) is 14.2. The standard InChI is InChI=1S/C26H27NO3/c1-25(2,3)26(16-13-20(14-17-26)19-9-5-4-6-10-19)18-15-23(28)27-22-12-8-7-11-21(22)24(29)30/h4-16,18H,17H2,1-3H3,(H,27,28)(H,29,30)/b18-15+. The van der Waals surface area contributed by atoms with Crippen molar-refractivity contribution < 1.29 is 14.7 Å². The van der Waals surface area contributed by atoms with Gasteiger partial charge in [0.1, 0.15) is 0 Å². The Kier molecular flexibility index (Phi) is 6.06. The van der Waals surface area contributed by atoms with Crippen LogP contribution >= 0.6 is 0 Å². The van der Waals surface area contributed by atoms with E-state index >= 15 is 0 Å². The molecule has 2 aromatic rings. The second-order valence-corrected chi connectivity index (χ2v) is 8.53. The molecule has 3 rings (SSSR count). The van der Waals surface area contributed by atoms with Crippen molar-refractivity contribution in [1.29, 1.82) is 0 Å². The lowest BCUT2D eigenvalue weighted by Gasteiger charge is -2.42. The highest BCUT2D eigenvalue weighted by molar-refractivity contribution is 6.04. The summed E-state index contributed by atoms with van der Waals surface area (Å²) in [5.74, 6) is -1.42. The van der Waals surface area contributed by atoms with Gasteiger partial charge in [-0.3, -0.25) is 4.79 Å². The molecule has 0 bridgehead atoms. The fraction of sp³-hybridized carbons (Fsp3) is 0.231. The summed E-state index contributed by atoms with van der Waals surface area (Å²) in [5, 5.41) is 12.0. The molecule has 4 nitrogen and oxygen atoms in total. The number of aromatic carboxylic acids is 1. The Morgan fingerprint density at radius 2 is 1.70 bits per heavy atom. The Morgan fingerprint density at radius 1 is 1.03 bits per heavy atom. The van der Waals surface area contributed by atoms with Crippen molar-refractivity contribution >= 4 is 23.1 Å². The number of amides is 1. The molecule has 0 spiro atoms. The highest BCUT2D eigenvalue weighted by Gasteiger charge is 2.38. The number of carboxylic acids is 1. The molecule has 0 heterocycles. The maximum atomic E-state index is 12.6. The molecule has 2 N–H and O–H groups in total. The van der Waals surface area contributed by atoms with E-state index in [9.17, 15) is 14.7 Å². The van der Waals surface area contributed by atoms with Crippen LogP contribution in [-0.4, -0.2) is 17.0 Å². The zero-order valence-corrected chi connectivity index (χ0v) is 17.6. The third kappa shape index (κ3) is 4.60. The van der Waals surface area contributed by atoms with Crippen molar-refractivity contribution in [3.63, 3.8) is 0 Å². The first-order valence-electron chi connectivity index (χ1n) is 9.99. The Balaban J connectivity index is 1.81. The highest BCUT2D eigenvalue weighted by Crippen LogP contribution is 2.47. The molecule has 30 heavy (non-hydrogen) atoms. The number of carbonyl (C=O) groups is 2. The number of hydrogen-bond donors (Lipinski definition) is 2. The molecule has 0 radical (unpaired) electrons. The molecule has 0 aliphatic heterocycles.